The molecule has 0 aliphatic rings. The van der Waals surface area contributed by atoms with Crippen molar-refractivity contribution in [3.8, 4) is 0 Å². The number of thiazole rings is 1. The van der Waals surface area contributed by atoms with Crippen molar-refractivity contribution in [3.63, 3.8) is 0 Å². The Hall–Kier alpha value is -0.590. The summed E-state index contributed by atoms with van der Waals surface area (Å²) < 4.78 is 0. The number of nitrogens with zero attached hydrogens (tertiary/aromatic N) is 1. The zero-order chi connectivity index (χ0) is 12.9. The molecule has 17 heavy (non-hydrogen) atoms. The number of aromatic nitrogens is 1. The molecule has 1 rings (SSSR count). The highest BCUT2D eigenvalue weighted by atomic mass is 32.2. The van der Waals surface area contributed by atoms with Crippen molar-refractivity contribution in [3.05, 3.63) is 16.6 Å². The standard InChI is InChI=1S/C11H19N3OS2/c1-11(2,10-13-5-7-17-10)14-9(15)8(12)4-6-16-3/h5,7-8H,4,6,12H2,1-3H3,(H,14,15)/t8-/m1/s1. The Morgan fingerprint density at radius 1 is 1.71 bits per heavy atom. The van der Waals surface area contributed by atoms with Crippen LogP contribution in [0.5, 0.6) is 0 Å². The van der Waals surface area contributed by atoms with Gasteiger partial charge in [0.25, 0.3) is 0 Å². The molecular weight excluding hydrogens is 254 g/mol. The highest BCUT2D eigenvalue weighted by molar-refractivity contribution is 7.98. The summed E-state index contributed by atoms with van der Waals surface area (Å²) in [6.07, 6.45) is 4.44. The highest BCUT2D eigenvalue weighted by Gasteiger charge is 2.27. The fourth-order valence-electron chi connectivity index (χ4n) is 1.36. The van der Waals surface area contributed by atoms with Crippen LogP contribution in [0.2, 0.25) is 0 Å². The maximum atomic E-state index is 11.9. The lowest BCUT2D eigenvalue weighted by Gasteiger charge is -2.25. The molecule has 0 radical (unpaired) electrons. The third-order valence-corrected chi connectivity index (χ3v) is 4.11. The molecule has 0 saturated carbocycles. The van der Waals surface area contributed by atoms with Crippen LogP contribution in [0.25, 0.3) is 0 Å². The third kappa shape index (κ3) is 4.29. The molecule has 0 saturated heterocycles. The van der Waals surface area contributed by atoms with Gasteiger partial charge in [0.1, 0.15) is 5.01 Å². The highest BCUT2D eigenvalue weighted by Crippen LogP contribution is 2.22. The first-order valence-electron chi connectivity index (χ1n) is 5.44. The van der Waals surface area contributed by atoms with E-state index in [1.165, 1.54) is 11.3 Å². The molecule has 0 bridgehead atoms. The Morgan fingerprint density at radius 2 is 2.41 bits per heavy atom. The Balaban J connectivity index is 2.55. The van der Waals surface area contributed by atoms with E-state index in [0.717, 1.165) is 10.8 Å². The quantitative estimate of drug-likeness (QED) is 0.825. The zero-order valence-electron chi connectivity index (χ0n) is 10.4. The molecule has 1 amide bonds. The number of hydrogen-bond donors (Lipinski definition) is 2. The average molecular weight is 273 g/mol. The van der Waals surface area contributed by atoms with E-state index in [2.05, 4.69) is 10.3 Å². The normalized spacial score (nSPS) is 13.4. The molecule has 96 valence electrons. The number of carbonyl (C=O) groups is 1. The van der Waals surface area contributed by atoms with Crippen molar-refractivity contribution in [1.29, 1.82) is 0 Å². The molecule has 0 aliphatic carbocycles. The van der Waals surface area contributed by atoms with Crippen molar-refractivity contribution >= 4 is 29.0 Å². The molecule has 1 aromatic rings. The minimum atomic E-state index is -0.456. The smallest absolute Gasteiger partial charge is 0.237 e. The summed E-state index contributed by atoms with van der Waals surface area (Å²) in [6, 6.07) is -0.443. The first-order valence-corrected chi connectivity index (χ1v) is 7.71. The topological polar surface area (TPSA) is 68.0 Å². The number of rotatable bonds is 6. The molecule has 0 spiro atoms. The van der Waals surface area contributed by atoms with Gasteiger partial charge in [-0.3, -0.25) is 4.79 Å². The molecule has 0 unspecified atom stereocenters. The maximum Gasteiger partial charge on any atom is 0.237 e. The molecule has 4 nitrogen and oxygen atoms in total. The number of amides is 1. The van der Waals surface area contributed by atoms with Crippen molar-refractivity contribution in [2.75, 3.05) is 12.0 Å². The van der Waals surface area contributed by atoms with Crippen molar-refractivity contribution < 1.29 is 4.79 Å². The second-order valence-electron chi connectivity index (χ2n) is 4.34. The van der Waals surface area contributed by atoms with E-state index >= 15 is 0 Å². The van der Waals surface area contributed by atoms with Gasteiger partial charge in [-0.25, -0.2) is 4.98 Å². The van der Waals surface area contributed by atoms with Crippen molar-refractivity contribution in [1.82, 2.24) is 10.3 Å². The minimum Gasteiger partial charge on any atom is -0.343 e. The molecule has 3 N–H and O–H groups in total. The van der Waals surface area contributed by atoms with Gasteiger partial charge in [0.2, 0.25) is 5.91 Å². The van der Waals surface area contributed by atoms with E-state index < -0.39 is 11.6 Å². The first kappa shape index (κ1) is 14.5. The molecular formula is C11H19N3OS2. The van der Waals surface area contributed by atoms with Crippen molar-refractivity contribution in [2.45, 2.75) is 31.8 Å². The van der Waals surface area contributed by atoms with Gasteiger partial charge in [-0.05, 0) is 32.3 Å². The van der Waals surface area contributed by atoms with Crippen LogP contribution in [0.15, 0.2) is 11.6 Å². The Morgan fingerprint density at radius 3 is 2.94 bits per heavy atom. The Kier molecular flexibility index (Phi) is 5.42. The fraction of sp³-hybridized carbons (Fsp3) is 0.636. The summed E-state index contributed by atoms with van der Waals surface area (Å²) in [5, 5.41) is 5.73. The van der Waals surface area contributed by atoms with E-state index in [1.54, 1.807) is 18.0 Å². The van der Waals surface area contributed by atoms with Crippen LogP contribution >= 0.6 is 23.1 Å². The van der Waals surface area contributed by atoms with Crippen LogP contribution in [0.4, 0.5) is 0 Å². The van der Waals surface area contributed by atoms with E-state index in [9.17, 15) is 4.79 Å². The van der Waals surface area contributed by atoms with Crippen LogP contribution in [-0.4, -0.2) is 28.9 Å². The summed E-state index contributed by atoms with van der Waals surface area (Å²) in [7, 11) is 0. The first-order chi connectivity index (χ1) is 7.97. The van der Waals surface area contributed by atoms with E-state index in [1.807, 2.05) is 25.5 Å². The molecule has 0 aliphatic heterocycles. The van der Waals surface area contributed by atoms with Crippen LogP contribution in [0, 0.1) is 0 Å². The monoisotopic (exact) mass is 273 g/mol. The van der Waals surface area contributed by atoms with Crippen LogP contribution in [0.3, 0.4) is 0 Å². The van der Waals surface area contributed by atoms with E-state index in [-0.39, 0.29) is 5.91 Å². The summed E-state index contributed by atoms with van der Waals surface area (Å²) >= 11 is 3.22. The third-order valence-electron chi connectivity index (χ3n) is 2.37. The van der Waals surface area contributed by atoms with Crippen LogP contribution < -0.4 is 11.1 Å². The summed E-state index contributed by atoms with van der Waals surface area (Å²) in [5.41, 5.74) is 5.37. The number of carbonyl (C=O) groups excluding carboxylic acids is 1. The lowest BCUT2D eigenvalue weighted by atomic mass is 10.1. The number of thioether (sulfide) groups is 1. The van der Waals surface area contributed by atoms with Gasteiger partial charge in [-0.1, -0.05) is 0 Å². The van der Waals surface area contributed by atoms with Gasteiger partial charge in [0.15, 0.2) is 0 Å². The molecule has 6 heteroatoms. The summed E-state index contributed by atoms with van der Waals surface area (Å²) in [5.74, 6) is 0.783. The molecule has 0 aromatic carbocycles. The van der Waals surface area contributed by atoms with Gasteiger partial charge in [-0.15, -0.1) is 11.3 Å². The predicted molar refractivity (Wildman–Crippen MR) is 74.3 cm³/mol. The minimum absolute atomic E-state index is 0.112. The van der Waals surface area contributed by atoms with E-state index in [0.29, 0.717) is 6.42 Å². The Bertz CT molecular complexity index is 352. The largest absolute Gasteiger partial charge is 0.343 e. The molecule has 1 heterocycles. The van der Waals surface area contributed by atoms with Gasteiger partial charge in [0, 0.05) is 11.6 Å². The van der Waals surface area contributed by atoms with Gasteiger partial charge >= 0.3 is 0 Å². The number of nitrogens with two attached hydrogens (primary N) is 1. The Labute approximate surface area is 110 Å². The summed E-state index contributed by atoms with van der Waals surface area (Å²) in [6.45, 7) is 3.87. The SMILES string of the molecule is CSCC[C@@H](N)C(=O)NC(C)(C)c1nccs1. The van der Waals surface area contributed by atoms with Crippen molar-refractivity contribution in [2.24, 2.45) is 5.73 Å². The second-order valence-corrected chi connectivity index (χ2v) is 6.22. The maximum absolute atomic E-state index is 11.9. The molecule has 0 fully saturated rings. The number of nitrogens with one attached hydrogen (secondary N) is 1. The molecule has 1 aromatic heterocycles. The van der Waals surface area contributed by atoms with Gasteiger partial charge < -0.3 is 11.1 Å². The van der Waals surface area contributed by atoms with Gasteiger partial charge in [0.05, 0.1) is 11.6 Å². The van der Waals surface area contributed by atoms with Crippen LogP contribution in [-0.2, 0) is 10.3 Å². The van der Waals surface area contributed by atoms with Crippen LogP contribution in [0.1, 0.15) is 25.3 Å². The second kappa shape index (κ2) is 6.37. The fourth-order valence-corrected chi connectivity index (χ4v) is 2.57. The molecule has 1 atom stereocenters. The predicted octanol–water partition coefficient (Wildman–Crippen LogP) is 1.57. The lowest BCUT2D eigenvalue weighted by molar-refractivity contribution is -0.124. The van der Waals surface area contributed by atoms with Gasteiger partial charge in [-0.2, -0.15) is 11.8 Å². The van der Waals surface area contributed by atoms with E-state index in [4.69, 9.17) is 5.73 Å². The number of hydrogen-bond acceptors (Lipinski definition) is 5. The average Bonchev–Trinajstić information content (AvgIpc) is 2.79. The summed E-state index contributed by atoms with van der Waals surface area (Å²) in [4.78, 5) is 16.1. The lowest BCUT2D eigenvalue weighted by Crippen LogP contribution is -2.49. The zero-order valence-corrected chi connectivity index (χ0v) is 12.0.